The summed E-state index contributed by atoms with van der Waals surface area (Å²) in [7, 11) is 0. The van der Waals surface area contributed by atoms with E-state index in [9.17, 15) is 0 Å². The fraction of sp³-hybridized carbons (Fsp3) is 0.143. The summed E-state index contributed by atoms with van der Waals surface area (Å²) in [6, 6.07) is 9.99. The second kappa shape index (κ2) is 6.22. The molecule has 0 aliphatic rings. The summed E-state index contributed by atoms with van der Waals surface area (Å²) < 4.78 is 0. The molecule has 0 atom stereocenters. The van der Waals surface area contributed by atoms with Crippen LogP contribution in [0.15, 0.2) is 30.3 Å². The van der Waals surface area contributed by atoms with Crippen LogP contribution in [-0.4, -0.2) is 0 Å². The molecule has 58 valence electrons. The van der Waals surface area contributed by atoms with E-state index in [2.05, 4.69) is 0 Å². The molecule has 3 heteroatoms. The Kier molecular flexibility index (Phi) is 7.37. The Morgan fingerprint density at radius 2 is 1.50 bits per heavy atom. The van der Waals surface area contributed by atoms with Gasteiger partial charge >= 0.3 is 0 Å². The molecular weight excluding hydrogens is 126 g/mol. The lowest BCUT2D eigenvalue weighted by Crippen LogP contribution is -1.94. The minimum Gasteiger partial charge on any atom is -0.344 e. The molecule has 1 aromatic rings. The van der Waals surface area contributed by atoms with Crippen molar-refractivity contribution < 1.29 is 0 Å². The molecule has 0 aliphatic heterocycles. The molecule has 1 aromatic carbocycles. The SMILES string of the molecule is N.N.NCc1ccccc1. The average Bonchev–Trinajstić information content (AvgIpc) is 1.90. The zero-order valence-electron chi connectivity index (χ0n) is 6.09. The fourth-order valence-electron chi connectivity index (χ4n) is 0.614. The summed E-state index contributed by atoms with van der Waals surface area (Å²) in [5, 5.41) is 0. The van der Waals surface area contributed by atoms with E-state index in [1.807, 2.05) is 30.3 Å². The van der Waals surface area contributed by atoms with E-state index >= 15 is 0 Å². The van der Waals surface area contributed by atoms with Gasteiger partial charge in [-0.15, -0.1) is 0 Å². The standard InChI is InChI=1S/C7H9N.2H3N/c8-6-7-4-2-1-3-5-7;;/h1-5H,6,8H2;2*1H3. The molecule has 0 bridgehead atoms. The number of nitrogens with two attached hydrogens (primary N) is 1. The number of hydrogen-bond acceptors (Lipinski definition) is 3. The van der Waals surface area contributed by atoms with Crippen molar-refractivity contribution in [3.05, 3.63) is 35.9 Å². The molecule has 8 N–H and O–H groups in total. The van der Waals surface area contributed by atoms with Crippen molar-refractivity contribution in [2.75, 3.05) is 0 Å². The van der Waals surface area contributed by atoms with Crippen LogP contribution in [0.5, 0.6) is 0 Å². The first-order valence-electron chi connectivity index (χ1n) is 2.67. The third-order valence-corrected chi connectivity index (χ3v) is 1.08. The second-order valence-corrected chi connectivity index (χ2v) is 1.69. The summed E-state index contributed by atoms with van der Waals surface area (Å²) in [4.78, 5) is 0. The molecule has 0 spiro atoms. The van der Waals surface area contributed by atoms with Crippen LogP contribution in [0.25, 0.3) is 0 Å². The number of benzene rings is 1. The Morgan fingerprint density at radius 1 is 1.00 bits per heavy atom. The summed E-state index contributed by atoms with van der Waals surface area (Å²) in [5.41, 5.74) is 6.54. The van der Waals surface area contributed by atoms with Gasteiger partial charge in [0.1, 0.15) is 0 Å². The lowest BCUT2D eigenvalue weighted by molar-refractivity contribution is 1.07. The van der Waals surface area contributed by atoms with Crippen molar-refractivity contribution in [2.45, 2.75) is 6.54 Å². The average molecular weight is 141 g/mol. The maximum Gasteiger partial charge on any atom is 0.0178 e. The molecule has 0 unspecified atom stereocenters. The number of rotatable bonds is 1. The van der Waals surface area contributed by atoms with Gasteiger partial charge in [0.2, 0.25) is 0 Å². The van der Waals surface area contributed by atoms with Crippen molar-refractivity contribution in [1.29, 1.82) is 0 Å². The highest BCUT2D eigenvalue weighted by Crippen LogP contribution is 1.94. The van der Waals surface area contributed by atoms with Crippen molar-refractivity contribution in [3.63, 3.8) is 0 Å². The molecule has 1 rings (SSSR count). The molecule has 0 heterocycles. The van der Waals surface area contributed by atoms with Crippen LogP contribution in [0, 0.1) is 0 Å². The zero-order chi connectivity index (χ0) is 5.82. The van der Waals surface area contributed by atoms with Crippen LogP contribution in [0.1, 0.15) is 5.56 Å². The first-order valence-corrected chi connectivity index (χ1v) is 2.67. The van der Waals surface area contributed by atoms with Gasteiger partial charge in [0.05, 0.1) is 0 Å². The Labute approximate surface area is 61.4 Å². The second-order valence-electron chi connectivity index (χ2n) is 1.69. The molecule has 0 aromatic heterocycles. The highest BCUT2D eigenvalue weighted by molar-refractivity contribution is 5.13. The van der Waals surface area contributed by atoms with E-state index < -0.39 is 0 Å². The third-order valence-electron chi connectivity index (χ3n) is 1.08. The normalized spacial score (nSPS) is 7.30. The zero-order valence-corrected chi connectivity index (χ0v) is 6.09. The van der Waals surface area contributed by atoms with Gasteiger partial charge in [-0.1, -0.05) is 30.3 Å². The van der Waals surface area contributed by atoms with E-state index in [-0.39, 0.29) is 12.3 Å². The quantitative estimate of drug-likeness (QED) is 0.552. The fourth-order valence-corrected chi connectivity index (χ4v) is 0.614. The van der Waals surface area contributed by atoms with E-state index in [0.717, 1.165) is 0 Å². The first kappa shape index (κ1) is 11.8. The Morgan fingerprint density at radius 3 is 1.80 bits per heavy atom. The van der Waals surface area contributed by atoms with Crippen molar-refractivity contribution in [3.8, 4) is 0 Å². The van der Waals surface area contributed by atoms with Crippen LogP contribution in [-0.2, 0) is 6.54 Å². The summed E-state index contributed by atoms with van der Waals surface area (Å²) in [5.74, 6) is 0. The minimum absolute atomic E-state index is 0. The van der Waals surface area contributed by atoms with E-state index in [0.29, 0.717) is 6.54 Å². The van der Waals surface area contributed by atoms with E-state index in [4.69, 9.17) is 5.73 Å². The Balaban J connectivity index is 0. The van der Waals surface area contributed by atoms with Crippen molar-refractivity contribution in [2.24, 2.45) is 5.73 Å². The van der Waals surface area contributed by atoms with Gasteiger partial charge in [-0.05, 0) is 5.56 Å². The van der Waals surface area contributed by atoms with Gasteiger partial charge in [-0.3, -0.25) is 0 Å². The van der Waals surface area contributed by atoms with Crippen LogP contribution in [0.2, 0.25) is 0 Å². The molecule has 3 nitrogen and oxygen atoms in total. The van der Waals surface area contributed by atoms with Crippen LogP contribution < -0.4 is 18.0 Å². The van der Waals surface area contributed by atoms with E-state index in [1.165, 1.54) is 5.56 Å². The Hall–Kier alpha value is -0.900. The topological polar surface area (TPSA) is 96.0 Å². The molecule has 0 aliphatic carbocycles. The monoisotopic (exact) mass is 141 g/mol. The highest BCUT2D eigenvalue weighted by Gasteiger charge is 1.80. The van der Waals surface area contributed by atoms with Gasteiger partial charge in [0, 0.05) is 6.54 Å². The summed E-state index contributed by atoms with van der Waals surface area (Å²) >= 11 is 0. The first-order chi connectivity index (χ1) is 3.93. The largest absolute Gasteiger partial charge is 0.344 e. The molecule has 0 saturated carbocycles. The molecule has 0 amide bonds. The lowest BCUT2D eigenvalue weighted by Gasteiger charge is -1.90. The lowest BCUT2D eigenvalue weighted by atomic mass is 10.2. The van der Waals surface area contributed by atoms with Crippen LogP contribution in [0.4, 0.5) is 0 Å². The third kappa shape index (κ3) is 3.19. The van der Waals surface area contributed by atoms with Gasteiger partial charge < -0.3 is 18.0 Å². The van der Waals surface area contributed by atoms with Crippen molar-refractivity contribution >= 4 is 0 Å². The Bertz CT molecular complexity index is 150. The van der Waals surface area contributed by atoms with Gasteiger partial charge in [-0.2, -0.15) is 0 Å². The molecular formula is C7H15N3. The maximum absolute atomic E-state index is 5.35. The molecule has 0 radical (unpaired) electrons. The molecule has 0 saturated heterocycles. The van der Waals surface area contributed by atoms with Gasteiger partial charge in [0.15, 0.2) is 0 Å². The predicted molar refractivity (Wildman–Crippen MR) is 44.4 cm³/mol. The summed E-state index contributed by atoms with van der Waals surface area (Å²) in [6.07, 6.45) is 0. The molecule has 0 fully saturated rings. The van der Waals surface area contributed by atoms with E-state index in [1.54, 1.807) is 0 Å². The minimum atomic E-state index is 0. The van der Waals surface area contributed by atoms with Gasteiger partial charge in [0.25, 0.3) is 0 Å². The van der Waals surface area contributed by atoms with Crippen LogP contribution >= 0.6 is 0 Å². The van der Waals surface area contributed by atoms with Crippen LogP contribution in [0.3, 0.4) is 0 Å². The smallest absolute Gasteiger partial charge is 0.0178 e. The summed E-state index contributed by atoms with van der Waals surface area (Å²) in [6.45, 7) is 0.640. The highest BCUT2D eigenvalue weighted by atomic mass is 14.5. The van der Waals surface area contributed by atoms with Gasteiger partial charge in [-0.25, -0.2) is 0 Å². The predicted octanol–water partition coefficient (Wildman–Crippen LogP) is 1.47. The van der Waals surface area contributed by atoms with Crippen molar-refractivity contribution in [1.82, 2.24) is 12.3 Å². The number of hydrogen-bond donors (Lipinski definition) is 3. The maximum atomic E-state index is 5.35. The molecule has 10 heavy (non-hydrogen) atoms.